The van der Waals surface area contributed by atoms with Gasteiger partial charge in [0.25, 0.3) is 5.91 Å². The number of anilines is 1. The van der Waals surface area contributed by atoms with Crippen LogP contribution in [-0.4, -0.2) is 15.5 Å². The number of aryl methyl sites for hydroxylation is 1. The van der Waals surface area contributed by atoms with E-state index in [1.165, 1.54) is 18.2 Å². The number of nitrogens with one attached hydrogen (secondary N) is 1. The summed E-state index contributed by atoms with van der Waals surface area (Å²) < 4.78 is 20.7. The molecule has 0 saturated carbocycles. The van der Waals surface area contributed by atoms with Gasteiger partial charge in [0.1, 0.15) is 24.0 Å². The fourth-order valence-electron chi connectivity index (χ4n) is 2.15. The van der Waals surface area contributed by atoms with E-state index in [9.17, 15) is 9.18 Å². The van der Waals surface area contributed by atoms with E-state index in [0.717, 1.165) is 5.82 Å². The zero-order chi connectivity index (χ0) is 16.9. The van der Waals surface area contributed by atoms with E-state index in [2.05, 4.69) is 10.3 Å². The van der Waals surface area contributed by atoms with Gasteiger partial charge in [-0.15, -0.1) is 0 Å². The maximum Gasteiger partial charge on any atom is 0.255 e. The van der Waals surface area contributed by atoms with Crippen LogP contribution in [0.2, 0.25) is 0 Å². The van der Waals surface area contributed by atoms with Crippen molar-refractivity contribution in [3.63, 3.8) is 0 Å². The summed E-state index contributed by atoms with van der Waals surface area (Å²) in [6.45, 7) is 0.360. The van der Waals surface area contributed by atoms with Crippen molar-refractivity contribution in [2.75, 3.05) is 5.32 Å². The summed E-state index contributed by atoms with van der Waals surface area (Å²) in [4.78, 5) is 16.2. The number of hydrogen-bond acceptors (Lipinski definition) is 3. The molecule has 0 aliphatic heterocycles. The highest BCUT2D eigenvalue weighted by Gasteiger charge is 2.07. The van der Waals surface area contributed by atoms with Crippen molar-refractivity contribution in [3.05, 3.63) is 78.1 Å². The van der Waals surface area contributed by atoms with Crippen LogP contribution in [0.3, 0.4) is 0 Å². The lowest BCUT2D eigenvalue weighted by Gasteiger charge is -2.08. The van der Waals surface area contributed by atoms with E-state index in [1.807, 2.05) is 17.8 Å². The van der Waals surface area contributed by atoms with Gasteiger partial charge >= 0.3 is 0 Å². The molecule has 1 N–H and O–H groups in total. The molecule has 24 heavy (non-hydrogen) atoms. The fraction of sp³-hybridized carbons (Fsp3) is 0.111. The number of hydrogen-bond donors (Lipinski definition) is 1. The normalized spacial score (nSPS) is 10.4. The van der Waals surface area contributed by atoms with Crippen LogP contribution < -0.4 is 10.1 Å². The topological polar surface area (TPSA) is 56.1 Å². The Labute approximate surface area is 138 Å². The van der Waals surface area contributed by atoms with E-state index < -0.39 is 5.82 Å². The van der Waals surface area contributed by atoms with Crippen LogP contribution >= 0.6 is 0 Å². The van der Waals surface area contributed by atoms with Gasteiger partial charge in [-0.1, -0.05) is 6.07 Å². The SMILES string of the molecule is Cn1ccnc1COc1ccc(NC(=O)c2cccc(F)c2)cc1. The van der Waals surface area contributed by atoms with Gasteiger partial charge in [0.05, 0.1) is 0 Å². The van der Waals surface area contributed by atoms with Gasteiger partial charge in [0.15, 0.2) is 0 Å². The predicted molar refractivity (Wildman–Crippen MR) is 88.3 cm³/mol. The molecule has 3 aromatic rings. The van der Waals surface area contributed by atoms with Gasteiger partial charge in [0, 0.05) is 30.7 Å². The van der Waals surface area contributed by atoms with E-state index in [1.54, 1.807) is 36.5 Å². The first kappa shape index (κ1) is 15.7. The van der Waals surface area contributed by atoms with Crippen molar-refractivity contribution < 1.29 is 13.9 Å². The summed E-state index contributed by atoms with van der Waals surface area (Å²) in [6, 6.07) is 12.5. The zero-order valence-electron chi connectivity index (χ0n) is 13.1. The van der Waals surface area contributed by atoms with Gasteiger partial charge in [-0.3, -0.25) is 4.79 Å². The Morgan fingerprint density at radius 2 is 2.04 bits per heavy atom. The highest BCUT2D eigenvalue weighted by molar-refractivity contribution is 6.04. The average molecular weight is 325 g/mol. The molecule has 0 unspecified atom stereocenters. The van der Waals surface area contributed by atoms with Gasteiger partial charge in [-0.25, -0.2) is 9.37 Å². The summed E-state index contributed by atoms with van der Waals surface area (Å²) in [5, 5.41) is 2.71. The van der Waals surface area contributed by atoms with Gasteiger partial charge in [-0.05, 0) is 42.5 Å². The van der Waals surface area contributed by atoms with Crippen molar-refractivity contribution in [2.45, 2.75) is 6.61 Å². The van der Waals surface area contributed by atoms with Crippen LogP contribution in [0.15, 0.2) is 60.9 Å². The largest absolute Gasteiger partial charge is 0.486 e. The summed E-state index contributed by atoms with van der Waals surface area (Å²) >= 11 is 0. The maximum atomic E-state index is 13.1. The third kappa shape index (κ3) is 3.78. The first-order chi connectivity index (χ1) is 11.6. The fourth-order valence-corrected chi connectivity index (χ4v) is 2.15. The molecule has 5 nitrogen and oxygen atoms in total. The van der Waals surface area contributed by atoms with Crippen molar-refractivity contribution in [3.8, 4) is 5.75 Å². The molecule has 0 bridgehead atoms. The molecule has 6 heteroatoms. The molecular formula is C18H16FN3O2. The minimum atomic E-state index is -0.444. The number of ether oxygens (including phenoxy) is 1. The van der Waals surface area contributed by atoms with Crippen molar-refractivity contribution in [1.29, 1.82) is 0 Å². The van der Waals surface area contributed by atoms with Gasteiger partial charge in [0.2, 0.25) is 0 Å². The van der Waals surface area contributed by atoms with E-state index in [0.29, 0.717) is 18.0 Å². The number of imidazole rings is 1. The molecule has 1 heterocycles. The predicted octanol–water partition coefficient (Wildman–Crippen LogP) is 3.39. The molecule has 1 aromatic heterocycles. The second-order valence-electron chi connectivity index (χ2n) is 5.23. The maximum absolute atomic E-state index is 13.1. The first-order valence-electron chi connectivity index (χ1n) is 7.38. The smallest absolute Gasteiger partial charge is 0.255 e. The molecule has 1 amide bonds. The Hall–Kier alpha value is -3.15. The Kier molecular flexibility index (Phi) is 4.56. The molecule has 0 atom stereocenters. The number of amides is 1. The van der Waals surface area contributed by atoms with Crippen molar-refractivity contribution in [1.82, 2.24) is 9.55 Å². The lowest BCUT2D eigenvalue weighted by Crippen LogP contribution is -2.12. The van der Waals surface area contributed by atoms with E-state index in [-0.39, 0.29) is 11.5 Å². The van der Waals surface area contributed by atoms with Crippen molar-refractivity contribution in [2.24, 2.45) is 7.05 Å². The van der Waals surface area contributed by atoms with Crippen LogP contribution in [0.4, 0.5) is 10.1 Å². The minimum absolute atomic E-state index is 0.269. The molecule has 0 aliphatic carbocycles. The number of carbonyl (C=O) groups excluding carboxylic acids is 1. The van der Waals surface area contributed by atoms with Crippen LogP contribution in [0, 0.1) is 5.82 Å². The van der Waals surface area contributed by atoms with Crippen LogP contribution in [0.25, 0.3) is 0 Å². The Balaban J connectivity index is 1.60. The quantitative estimate of drug-likeness (QED) is 0.782. The summed E-state index contributed by atoms with van der Waals surface area (Å²) in [5.74, 6) is 0.678. The highest BCUT2D eigenvalue weighted by atomic mass is 19.1. The van der Waals surface area contributed by atoms with Crippen LogP contribution in [0.1, 0.15) is 16.2 Å². The standard InChI is InChI=1S/C18H16FN3O2/c1-22-10-9-20-17(22)12-24-16-7-5-15(6-8-16)21-18(23)13-3-2-4-14(19)11-13/h2-11H,12H2,1H3,(H,21,23). The molecule has 0 aliphatic rings. The van der Waals surface area contributed by atoms with Gasteiger partial charge < -0.3 is 14.6 Å². The van der Waals surface area contributed by atoms with Crippen LogP contribution in [0.5, 0.6) is 5.75 Å². The summed E-state index contributed by atoms with van der Waals surface area (Å²) in [6.07, 6.45) is 3.56. The molecule has 0 spiro atoms. The lowest BCUT2D eigenvalue weighted by molar-refractivity contribution is 0.102. The van der Waals surface area contributed by atoms with Crippen molar-refractivity contribution >= 4 is 11.6 Å². The molecule has 0 saturated heterocycles. The molecule has 0 radical (unpaired) electrons. The second-order valence-corrected chi connectivity index (χ2v) is 5.23. The second kappa shape index (κ2) is 6.95. The molecule has 0 fully saturated rings. The van der Waals surface area contributed by atoms with Crippen LogP contribution in [-0.2, 0) is 13.7 Å². The zero-order valence-corrected chi connectivity index (χ0v) is 13.1. The Bertz CT molecular complexity index is 843. The number of aromatic nitrogens is 2. The number of benzene rings is 2. The number of halogens is 1. The Morgan fingerprint density at radius 3 is 2.71 bits per heavy atom. The highest BCUT2D eigenvalue weighted by Crippen LogP contribution is 2.17. The number of nitrogens with zero attached hydrogens (tertiary/aromatic N) is 2. The molecular weight excluding hydrogens is 309 g/mol. The molecule has 2 aromatic carbocycles. The summed E-state index contributed by atoms with van der Waals surface area (Å²) in [5.41, 5.74) is 0.874. The van der Waals surface area contributed by atoms with E-state index >= 15 is 0 Å². The number of rotatable bonds is 5. The average Bonchev–Trinajstić information content (AvgIpc) is 2.99. The monoisotopic (exact) mass is 325 g/mol. The minimum Gasteiger partial charge on any atom is -0.486 e. The number of carbonyl (C=O) groups is 1. The lowest BCUT2D eigenvalue weighted by atomic mass is 10.2. The first-order valence-corrected chi connectivity index (χ1v) is 7.38. The molecule has 3 rings (SSSR count). The molecule has 122 valence electrons. The Morgan fingerprint density at radius 1 is 1.25 bits per heavy atom. The third-order valence-corrected chi connectivity index (χ3v) is 3.49. The third-order valence-electron chi connectivity index (χ3n) is 3.49. The van der Waals surface area contributed by atoms with Gasteiger partial charge in [-0.2, -0.15) is 0 Å². The van der Waals surface area contributed by atoms with E-state index in [4.69, 9.17) is 4.74 Å². The summed E-state index contributed by atoms with van der Waals surface area (Å²) in [7, 11) is 1.90.